The van der Waals surface area contributed by atoms with Gasteiger partial charge in [-0.3, -0.25) is 0 Å². The van der Waals surface area contributed by atoms with E-state index in [2.05, 4.69) is 13.1 Å². The van der Waals surface area contributed by atoms with Gasteiger partial charge >= 0.3 is 6.18 Å². The van der Waals surface area contributed by atoms with Gasteiger partial charge in [0.1, 0.15) is 0 Å². The molecule has 0 aliphatic carbocycles. The molecule has 0 fully saturated rings. The second-order valence-electron chi connectivity index (χ2n) is 3.23. The molecule has 12 heavy (non-hydrogen) atoms. The van der Waals surface area contributed by atoms with Gasteiger partial charge in [0.15, 0.2) is 0 Å². The molecule has 5 heteroatoms. The van der Waals surface area contributed by atoms with E-state index in [4.69, 9.17) is 0 Å². The molecule has 0 amide bonds. The van der Waals surface area contributed by atoms with Crippen molar-refractivity contribution in [1.29, 1.82) is 0 Å². The highest BCUT2D eigenvalue weighted by atomic mass is 29.2. The molecule has 0 saturated carbocycles. The number of alkyl halides is 3. The topological polar surface area (TPSA) is 0 Å². The number of hydrogen-bond donors (Lipinski definition) is 0. The van der Waals surface area contributed by atoms with Crippen molar-refractivity contribution in [2.24, 2.45) is 0 Å². The van der Waals surface area contributed by atoms with Crippen molar-refractivity contribution in [3.63, 3.8) is 0 Å². The Kier molecular flexibility index (Phi) is 4.85. The molecule has 0 N–H and O–H groups in total. The Labute approximate surface area is 74.5 Å². The summed E-state index contributed by atoms with van der Waals surface area (Å²) in [5.74, 6) is 0. The smallest absolute Gasteiger partial charge is 0.171 e. The molecule has 0 aliphatic heterocycles. The quantitative estimate of drug-likeness (QED) is 0.628. The molecule has 0 radical (unpaired) electrons. The molecule has 0 heterocycles. The summed E-state index contributed by atoms with van der Waals surface area (Å²) >= 11 is 0. The van der Waals surface area contributed by atoms with Crippen molar-refractivity contribution in [2.75, 3.05) is 0 Å². The molecule has 0 rings (SSSR count). The van der Waals surface area contributed by atoms with E-state index < -0.39 is 29.2 Å². The standard InChI is InChI=1S/C7H15F3Si2/c1-4-11(2)12(3)6-5-7(8,9)10/h4,11-12H,1,5-6H2,2-3H3. The van der Waals surface area contributed by atoms with E-state index >= 15 is 0 Å². The number of rotatable bonds is 4. The summed E-state index contributed by atoms with van der Waals surface area (Å²) in [6.07, 6.45) is -4.55. The van der Waals surface area contributed by atoms with E-state index in [0.717, 1.165) is 0 Å². The van der Waals surface area contributed by atoms with E-state index in [1.54, 1.807) is 0 Å². The first-order valence-electron chi connectivity index (χ1n) is 4.06. The van der Waals surface area contributed by atoms with Crippen molar-refractivity contribution in [3.05, 3.63) is 12.3 Å². The highest BCUT2D eigenvalue weighted by molar-refractivity contribution is 7.23. The fourth-order valence-electron chi connectivity index (χ4n) is 0.887. The minimum atomic E-state index is -3.96. The van der Waals surface area contributed by atoms with Crippen LogP contribution in [0, 0.1) is 0 Å². The van der Waals surface area contributed by atoms with Crippen LogP contribution < -0.4 is 0 Å². The predicted octanol–water partition coefficient (Wildman–Crippen LogP) is 2.46. The van der Waals surface area contributed by atoms with Crippen LogP contribution in [0.15, 0.2) is 12.3 Å². The van der Waals surface area contributed by atoms with Gasteiger partial charge in [-0.05, 0) is 0 Å². The van der Waals surface area contributed by atoms with Crippen LogP contribution >= 0.6 is 0 Å². The highest BCUT2D eigenvalue weighted by Crippen LogP contribution is 2.23. The molecule has 0 aromatic carbocycles. The summed E-state index contributed by atoms with van der Waals surface area (Å²) in [4.78, 5) is 0. The van der Waals surface area contributed by atoms with Crippen molar-refractivity contribution in [2.45, 2.75) is 31.7 Å². The zero-order chi connectivity index (χ0) is 9.78. The van der Waals surface area contributed by atoms with Gasteiger partial charge in [0.2, 0.25) is 0 Å². The van der Waals surface area contributed by atoms with Crippen LogP contribution in [0.5, 0.6) is 0 Å². The first kappa shape index (κ1) is 12.0. The third-order valence-corrected chi connectivity index (χ3v) is 13.1. The molecule has 0 spiro atoms. The fourth-order valence-corrected chi connectivity index (χ4v) is 6.13. The Morgan fingerprint density at radius 2 is 1.83 bits per heavy atom. The monoisotopic (exact) mass is 212 g/mol. The van der Waals surface area contributed by atoms with Crippen LogP contribution in [0.2, 0.25) is 19.1 Å². The molecule has 0 aromatic heterocycles. The summed E-state index contributed by atoms with van der Waals surface area (Å²) in [5.41, 5.74) is 1.90. The summed E-state index contributed by atoms with van der Waals surface area (Å²) in [6.45, 7) is 7.74. The molecule has 0 saturated heterocycles. The average Bonchev–Trinajstić information content (AvgIpc) is 1.97. The minimum absolute atomic E-state index is 0.392. The van der Waals surface area contributed by atoms with Crippen molar-refractivity contribution in [1.82, 2.24) is 0 Å². The lowest BCUT2D eigenvalue weighted by atomic mass is 10.5. The second kappa shape index (κ2) is 4.86. The first-order valence-corrected chi connectivity index (χ1v) is 10.5. The van der Waals surface area contributed by atoms with Crippen molar-refractivity contribution < 1.29 is 13.2 Å². The summed E-state index contributed by atoms with van der Waals surface area (Å²) in [7, 11) is -2.06. The van der Waals surface area contributed by atoms with Gasteiger partial charge in [0, 0.05) is 23.0 Å². The third-order valence-electron chi connectivity index (χ3n) is 2.15. The van der Waals surface area contributed by atoms with E-state index in [9.17, 15) is 13.2 Å². The lowest BCUT2D eigenvalue weighted by Gasteiger charge is -2.14. The second-order valence-corrected chi connectivity index (χ2v) is 14.5. The van der Waals surface area contributed by atoms with Gasteiger partial charge in [0.05, 0.1) is 0 Å². The average molecular weight is 212 g/mol. The zero-order valence-electron chi connectivity index (χ0n) is 7.49. The van der Waals surface area contributed by atoms with Crippen LogP contribution in [0.3, 0.4) is 0 Å². The first-order chi connectivity index (χ1) is 5.37. The lowest BCUT2D eigenvalue weighted by molar-refractivity contribution is -0.130. The van der Waals surface area contributed by atoms with Crippen LogP contribution in [-0.4, -0.2) is 22.8 Å². The maximum atomic E-state index is 11.8. The molecule has 2 unspecified atom stereocenters. The maximum Gasteiger partial charge on any atom is 0.388 e. The van der Waals surface area contributed by atoms with Gasteiger partial charge < -0.3 is 0 Å². The summed E-state index contributed by atoms with van der Waals surface area (Å²) in [6, 6.07) is 0.392. The number of halogens is 3. The number of hydrogen-bond acceptors (Lipinski definition) is 0. The fraction of sp³-hybridized carbons (Fsp3) is 0.714. The highest BCUT2D eigenvalue weighted by Gasteiger charge is 2.28. The lowest BCUT2D eigenvalue weighted by Crippen LogP contribution is -2.28. The Hall–Kier alpha value is -0.0362. The Morgan fingerprint density at radius 3 is 2.17 bits per heavy atom. The molecule has 0 nitrogen and oxygen atoms in total. The van der Waals surface area contributed by atoms with Gasteiger partial charge in [0.25, 0.3) is 0 Å². The Balaban J connectivity index is 3.71. The van der Waals surface area contributed by atoms with Crippen LogP contribution in [0.25, 0.3) is 0 Å². The van der Waals surface area contributed by atoms with Crippen molar-refractivity contribution in [3.8, 4) is 0 Å². The Morgan fingerprint density at radius 1 is 1.33 bits per heavy atom. The molecule has 72 valence electrons. The van der Waals surface area contributed by atoms with Crippen LogP contribution in [-0.2, 0) is 0 Å². The Bertz CT molecular complexity index is 144. The van der Waals surface area contributed by atoms with Gasteiger partial charge in [-0.1, -0.05) is 19.1 Å². The predicted molar refractivity (Wildman–Crippen MR) is 51.7 cm³/mol. The van der Waals surface area contributed by atoms with E-state index in [1.165, 1.54) is 0 Å². The molecule has 2 atom stereocenters. The molecular formula is C7H15F3Si2. The van der Waals surface area contributed by atoms with E-state index in [1.807, 2.05) is 12.2 Å². The van der Waals surface area contributed by atoms with E-state index in [-0.39, 0.29) is 0 Å². The molecule has 0 aromatic rings. The largest absolute Gasteiger partial charge is 0.388 e. The molecule has 0 bridgehead atoms. The van der Waals surface area contributed by atoms with Crippen molar-refractivity contribution >= 4 is 16.6 Å². The summed E-state index contributed by atoms with van der Waals surface area (Å²) < 4.78 is 35.4. The van der Waals surface area contributed by atoms with Gasteiger partial charge in [-0.2, -0.15) is 13.2 Å². The maximum absolute atomic E-state index is 11.8. The minimum Gasteiger partial charge on any atom is -0.171 e. The molecular weight excluding hydrogens is 197 g/mol. The van der Waals surface area contributed by atoms with Crippen LogP contribution in [0.1, 0.15) is 6.42 Å². The SMILES string of the molecule is C=C[SiH](C)[SiH](C)CCC(F)(F)F. The van der Waals surface area contributed by atoms with Crippen LogP contribution in [0.4, 0.5) is 13.2 Å². The normalized spacial score (nSPS) is 17.1. The third kappa shape index (κ3) is 5.59. The van der Waals surface area contributed by atoms with Gasteiger partial charge in [-0.25, -0.2) is 0 Å². The summed E-state index contributed by atoms with van der Waals surface area (Å²) in [5, 5.41) is 0. The van der Waals surface area contributed by atoms with Gasteiger partial charge in [-0.15, -0.1) is 12.3 Å². The molecule has 0 aliphatic rings. The van der Waals surface area contributed by atoms with E-state index in [0.29, 0.717) is 6.04 Å². The zero-order valence-corrected chi connectivity index (χ0v) is 9.80.